The van der Waals surface area contributed by atoms with Crippen molar-refractivity contribution >= 4 is 0 Å². The smallest absolute Gasteiger partial charge is 0.248 e. The molecule has 0 N–H and O–H groups in total. The van der Waals surface area contributed by atoms with E-state index in [1.807, 2.05) is 0 Å². The van der Waals surface area contributed by atoms with E-state index >= 15 is 0 Å². The third-order valence-corrected chi connectivity index (χ3v) is 5.45. The maximum atomic E-state index is 5.94. The van der Waals surface area contributed by atoms with Crippen molar-refractivity contribution in [2.75, 3.05) is 47.5 Å². The molecule has 0 unspecified atom stereocenters. The van der Waals surface area contributed by atoms with Crippen molar-refractivity contribution in [3.8, 4) is 28.7 Å². The Balaban J connectivity index is 1.38. The largest absolute Gasteiger partial charge is 0.493 e. The molecule has 164 valence electrons. The Kier molecular flexibility index (Phi) is 6.69. The normalized spacial score (nSPS) is 15.1. The van der Waals surface area contributed by atoms with E-state index in [0.717, 1.165) is 38.3 Å². The lowest BCUT2D eigenvalue weighted by Crippen LogP contribution is -2.45. The van der Waals surface area contributed by atoms with Crippen LogP contribution in [0.15, 0.2) is 46.9 Å². The van der Waals surface area contributed by atoms with Crippen molar-refractivity contribution in [1.29, 1.82) is 0 Å². The number of hydrogen-bond donors (Lipinski definition) is 0. The van der Waals surface area contributed by atoms with Gasteiger partial charge in [0.05, 0.1) is 27.9 Å². The molecule has 0 amide bonds. The predicted octanol–water partition coefficient (Wildman–Crippen LogP) is 3.08. The van der Waals surface area contributed by atoms with Crippen LogP contribution in [-0.2, 0) is 13.1 Å². The third-order valence-electron chi connectivity index (χ3n) is 5.45. The highest BCUT2D eigenvalue weighted by Crippen LogP contribution is 2.40. The summed E-state index contributed by atoms with van der Waals surface area (Å²) in [6, 6.07) is 14.2. The fourth-order valence-electron chi connectivity index (χ4n) is 3.78. The Hall–Kier alpha value is -3.10. The second kappa shape index (κ2) is 9.80. The molecule has 1 aliphatic heterocycles. The lowest BCUT2D eigenvalue weighted by molar-refractivity contribution is 0.114. The Morgan fingerprint density at radius 1 is 0.806 bits per heavy atom. The molecule has 4 rings (SSSR count). The minimum Gasteiger partial charge on any atom is -0.493 e. The van der Waals surface area contributed by atoms with Gasteiger partial charge in [0, 0.05) is 38.3 Å². The monoisotopic (exact) mass is 424 g/mol. The van der Waals surface area contributed by atoms with Gasteiger partial charge in [-0.1, -0.05) is 30.3 Å². The SMILES string of the molecule is COc1cc(-c2nnc(CN3CCN(Cc4ccccc4)CC3)o2)cc(OC)c1OC. The molecule has 3 aromatic rings. The molecule has 2 aromatic carbocycles. The first-order chi connectivity index (χ1) is 15.2. The van der Waals surface area contributed by atoms with Gasteiger partial charge in [-0.05, 0) is 17.7 Å². The topological polar surface area (TPSA) is 73.1 Å². The van der Waals surface area contributed by atoms with Crippen molar-refractivity contribution < 1.29 is 18.6 Å². The summed E-state index contributed by atoms with van der Waals surface area (Å²) in [7, 11) is 4.74. The molecule has 0 atom stereocenters. The summed E-state index contributed by atoms with van der Waals surface area (Å²) in [6.45, 7) is 5.59. The van der Waals surface area contributed by atoms with Gasteiger partial charge in [0.2, 0.25) is 17.5 Å². The zero-order valence-corrected chi connectivity index (χ0v) is 18.2. The second-order valence-corrected chi connectivity index (χ2v) is 7.45. The first-order valence-electron chi connectivity index (χ1n) is 10.3. The summed E-state index contributed by atoms with van der Waals surface area (Å²) in [5.74, 6) is 2.65. The minimum absolute atomic E-state index is 0.428. The molecule has 0 aliphatic carbocycles. The first-order valence-corrected chi connectivity index (χ1v) is 10.3. The van der Waals surface area contributed by atoms with Gasteiger partial charge in [0.15, 0.2) is 11.5 Å². The Morgan fingerprint density at radius 2 is 1.42 bits per heavy atom. The van der Waals surface area contributed by atoms with Crippen LogP contribution in [0.3, 0.4) is 0 Å². The van der Waals surface area contributed by atoms with E-state index in [2.05, 4.69) is 50.3 Å². The lowest BCUT2D eigenvalue weighted by Gasteiger charge is -2.33. The minimum atomic E-state index is 0.428. The van der Waals surface area contributed by atoms with E-state index in [1.54, 1.807) is 33.5 Å². The predicted molar refractivity (Wildman–Crippen MR) is 116 cm³/mol. The van der Waals surface area contributed by atoms with Crippen LogP contribution in [0.5, 0.6) is 17.2 Å². The third kappa shape index (κ3) is 4.98. The van der Waals surface area contributed by atoms with Crippen LogP contribution in [0.25, 0.3) is 11.5 Å². The molecule has 0 radical (unpaired) electrons. The van der Waals surface area contributed by atoms with Crippen molar-refractivity contribution in [3.63, 3.8) is 0 Å². The summed E-state index contributed by atoms with van der Waals surface area (Å²) in [4.78, 5) is 4.81. The van der Waals surface area contributed by atoms with Gasteiger partial charge in [0.25, 0.3) is 0 Å². The molecule has 1 aliphatic rings. The molecule has 2 heterocycles. The van der Waals surface area contributed by atoms with E-state index in [9.17, 15) is 0 Å². The molecule has 31 heavy (non-hydrogen) atoms. The van der Waals surface area contributed by atoms with Crippen LogP contribution in [0, 0.1) is 0 Å². The van der Waals surface area contributed by atoms with Gasteiger partial charge in [-0.2, -0.15) is 0 Å². The highest BCUT2D eigenvalue weighted by molar-refractivity contribution is 5.65. The van der Waals surface area contributed by atoms with E-state index in [1.165, 1.54) is 5.56 Å². The second-order valence-electron chi connectivity index (χ2n) is 7.45. The van der Waals surface area contributed by atoms with Crippen molar-refractivity contribution in [2.24, 2.45) is 0 Å². The van der Waals surface area contributed by atoms with Crippen LogP contribution < -0.4 is 14.2 Å². The molecular formula is C23H28N4O4. The average molecular weight is 425 g/mol. The van der Waals surface area contributed by atoms with E-state index < -0.39 is 0 Å². The first kappa shape index (κ1) is 21.1. The number of hydrogen-bond acceptors (Lipinski definition) is 8. The number of methoxy groups -OCH3 is 3. The number of nitrogens with zero attached hydrogens (tertiary/aromatic N) is 4. The molecule has 1 saturated heterocycles. The van der Waals surface area contributed by atoms with E-state index in [0.29, 0.717) is 35.6 Å². The Labute approximate surface area is 182 Å². The van der Waals surface area contributed by atoms with Gasteiger partial charge >= 0.3 is 0 Å². The molecule has 1 fully saturated rings. The maximum Gasteiger partial charge on any atom is 0.248 e. The fourth-order valence-corrected chi connectivity index (χ4v) is 3.78. The number of benzene rings is 2. The molecular weight excluding hydrogens is 396 g/mol. The zero-order valence-electron chi connectivity index (χ0n) is 18.2. The van der Waals surface area contributed by atoms with Crippen molar-refractivity contribution in [2.45, 2.75) is 13.1 Å². The van der Waals surface area contributed by atoms with Crippen LogP contribution in [-0.4, -0.2) is 67.5 Å². The number of piperazine rings is 1. The molecule has 8 nitrogen and oxygen atoms in total. The molecule has 0 spiro atoms. The van der Waals surface area contributed by atoms with E-state index in [-0.39, 0.29) is 0 Å². The Morgan fingerprint density at radius 3 is 2.00 bits per heavy atom. The molecule has 0 saturated carbocycles. The summed E-state index contributed by atoms with van der Waals surface area (Å²) in [6.07, 6.45) is 0. The number of ether oxygens (including phenoxy) is 3. The summed E-state index contributed by atoms with van der Waals surface area (Å²) in [5.41, 5.74) is 2.07. The van der Waals surface area contributed by atoms with Crippen LogP contribution in [0.1, 0.15) is 11.5 Å². The van der Waals surface area contributed by atoms with Gasteiger partial charge in [-0.3, -0.25) is 9.80 Å². The summed E-state index contributed by atoms with van der Waals surface area (Å²) in [5, 5.41) is 8.47. The molecule has 0 bridgehead atoms. The fraction of sp³-hybridized carbons (Fsp3) is 0.391. The number of rotatable bonds is 8. The van der Waals surface area contributed by atoms with Crippen LogP contribution >= 0.6 is 0 Å². The standard InChI is InChI=1S/C23H28N4O4/c1-28-19-13-18(14-20(29-2)22(19)30-3)23-25-24-21(31-23)16-27-11-9-26(10-12-27)15-17-7-5-4-6-8-17/h4-8,13-14H,9-12,15-16H2,1-3H3. The number of aromatic nitrogens is 2. The average Bonchev–Trinajstić information content (AvgIpc) is 3.28. The quantitative estimate of drug-likeness (QED) is 0.546. The summed E-state index contributed by atoms with van der Waals surface area (Å²) >= 11 is 0. The van der Waals surface area contributed by atoms with Gasteiger partial charge in [-0.15, -0.1) is 10.2 Å². The van der Waals surface area contributed by atoms with Crippen LogP contribution in [0.2, 0.25) is 0 Å². The van der Waals surface area contributed by atoms with Gasteiger partial charge in [0.1, 0.15) is 0 Å². The zero-order chi connectivity index (χ0) is 21.6. The van der Waals surface area contributed by atoms with Crippen LogP contribution in [0.4, 0.5) is 0 Å². The lowest BCUT2D eigenvalue weighted by atomic mass is 10.2. The highest BCUT2D eigenvalue weighted by atomic mass is 16.5. The van der Waals surface area contributed by atoms with Crippen molar-refractivity contribution in [3.05, 3.63) is 53.9 Å². The molecule has 1 aromatic heterocycles. The maximum absolute atomic E-state index is 5.94. The van der Waals surface area contributed by atoms with Gasteiger partial charge in [-0.25, -0.2) is 0 Å². The van der Waals surface area contributed by atoms with Crippen molar-refractivity contribution in [1.82, 2.24) is 20.0 Å². The Bertz CT molecular complexity index is 959. The summed E-state index contributed by atoms with van der Waals surface area (Å²) < 4.78 is 22.1. The highest BCUT2D eigenvalue weighted by Gasteiger charge is 2.21. The molecule has 8 heteroatoms. The van der Waals surface area contributed by atoms with Gasteiger partial charge < -0.3 is 18.6 Å². The van der Waals surface area contributed by atoms with E-state index in [4.69, 9.17) is 18.6 Å².